The largest absolute Gasteiger partial charge is 0.487 e. The number of anilines is 2. The molecule has 1 N–H and O–H groups in total. The Balaban J connectivity index is 1.14. The molecule has 1 aliphatic carbocycles. The first kappa shape index (κ1) is 35.3. The van der Waals surface area contributed by atoms with Gasteiger partial charge in [-0.05, 0) is 71.1 Å². The number of nitriles is 1. The second kappa shape index (κ2) is 16.4. The van der Waals surface area contributed by atoms with Crippen LogP contribution in [-0.4, -0.2) is 96.7 Å². The summed E-state index contributed by atoms with van der Waals surface area (Å²) in [7, 11) is 1.69. The van der Waals surface area contributed by atoms with Crippen molar-refractivity contribution in [3.63, 3.8) is 0 Å². The van der Waals surface area contributed by atoms with Crippen LogP contribution in [0.3, 0.4) is 0 Å². The van der Waals surface area contributed by atoms with Gasteiger partial charge in [-0.2, -0.15) is 10.4 Å². The Morgan fingerprint density at radius 1 is 1.00 bits per heavy atom. The van der Waals surface area contributed by atoms with Crippen LogP contribution in [0, 0.1) is 11.3 Å². The number of methoxy groups -OCH3 is 1. The Kier molecular flexibility index (Phi) is 11.6. The number of aromatic nitrogens is 7. The number of hydrogen-bond acceptors (Lipinski definition) is 12. The number of benzene rings is 1. The summed E-state index contributed by atoms with van der Waals surface area (Å²) in [5.41, 5.74) is 2.78. The van der Waals surface area contributed by atoms with E-state index in [2.05, 4.69) is 54.9 Å². The molecule has 266 valence electrons. The maximum absolute atomic E-state index is 9.69. The van der Waals surface area contributed by atoms with Crippen molar-refractivity contribution in [1.29, 1.82) is 5.26 Å². The number of nitrogens with zero attached hydrogens (tertiary/aromatic N) is 9. The third-order valence-electron chi connectivity index (χ3n) is 9.32. The standard InChI is InChI=1S/C36H48N10O4/c1-24(12-13-47-5)50-35-33(21-46(43-35)32-10-8-31(9-11-32)44-18-25(2)48-26(3)19-44)42-36-39-16-30(17-40-36)28-6-7-29(15-37)34(14-28)49-27(4)20-45-23-38-22-41-45/h6-7,14,16-17,21-27,31-32H,8-13,18-20H2,1-5H3,(H,39,40,42)/t24?,25-,26+,27-,31?,32?/m0/s1. The molecule has 1 aromatic carbocycles. The van der Waals surface area contributed by atoms with Crippen molar-refractivity contribution in [2.24, 2.45) is 0 Å². The van der Waals surface area contributed by atoms with Crippen molar-refractivity contribution in [1.82, 2.24) is 39.4 Å². The first-order chi connectivity index (χ1) is 24.3. The minimum atomic E-state index is -0.233. The SMILES string of the molecule is COCCC(C)Oc1nn(C2CCC(N3C[C@@H](C)O[C@@H](C)C3)CC2)cc1Nc1ncc(-c2ccc(C#N)c(O[C@@H](C)Cn3cncn3)c2)cn1. The first-order valence-corrected chi connectivity index (χ1v) is 17.5. The van der Waals surface area contributed by atoms with E-state index in [4.69, 9.17) is 24.0 Å². The van der Waals surface area contributed by atoms with Gasteiger partial charge in [-0.1, -0.05) is 6.07 Å². The van der Waals surface area contributed by atoms with E-state index in [9.17, 15) is 5.26 Å². The van der Waals surface area contributed by atoms with Crippen molar-refractivity contribution in [3.05, 3.63) is 55.0 Å². The van der Waals surface area contributed by atoms with Gasteiger partial charge in [-0.15, -0.1) is 5.10 Å². The molecule has 0 bridgehead atoms. The van der Waals surface area contributed by atoms with Crippen molar-refractivity contribution in [2.75, 3.05) is 32.1 Å². The molecule has 0 spiro atoms. The predicted molar refractivity (Wildman–Crippen MR) is 187 cm³/mol. The molecule has 14 nitrogen and oxygen atoms in total. The highest BCUT2D eigenvalue weighted by atomic mass is 16.5. The lowest BCUT2D eigenvalue weighted by Crippen LogP contribution is -2.51. The van der Waals surface area contributed by atoms with Gasteiger partial charge in [0, 0.05) is 57.2 Å². The van der Waals surface area contributed by atoms with Gasteiger partial charge in [0.15, 0.2) is 0 Å². The molecule has 50 heavy (non-hydrogen) atoms. The lowest BCUT2D eigenvalue weighted by Gasteiger charge is -2.42. The maximum Gasteiger partial charge on any atom is 0.257 e. The third kappa shape index (κ3) is 8.95. The minimum absolute atomic E-state index is 0.0880. The molecule has 1 aliphatic heterocycles. The molecule has 2 aliphatic rings. The highest BCUT2D eigenvalue weighted by Gasteiger charge is 2.32. The molecule has 1 saturated carbocycles. The molecule has 0 amide bonds. The summed E-state index contributed by atoms with van der Waals surface area (Å²) in [6.07, 6.45) is 13.9. The maximum atomic E-state index is 9.69. The van der Waals surface area contributed by atoms with E-state index in [0.717, 1.165) is 62.0 Å². The second-order valence-corrected chi connectivity index (χ2v) is 13.5. The molecule has 14 heteroatoms. The molecule has 3 aromatic heterocycles. The lowest BCUT2D eigenvalue weighted by molar-refractivity contribution is -0.0852. The van der Waals surface area contributed by atoms with E-state index in [1.54, 1.807) is 36.6 Å². The quantitative estimate of drug-likeness (QED) is 0.181. The molecule has 2 fully saturated rings. The van der Waals surface area contributed by atoms with Crippen LogP contribution in [0.25, 0.3) is 11.1 Å². The van der Waals surface area contributed by atoms with Crippen LogP contribution in [0.2, 0.25) is 0 Å². The Morgan fingerprint density at radius 3 is 2.42 bits per heavy atom. The Morgan fingerprint density at radius 2 is 1.74 bits per heavy atom. The Labute approximate surface area is 293 Å². The lowest BCUT2D eigenvalue weighted by atomic mass is 9.89. The summed E-state index contributed by atoms with van der Waals surface area (Å²) >= 11 is 0. The van der Waals surface area contributed by atoms with Gasteiger partial charge in [0.2, 0.25) is 5.95 Å². The van der Waals surface area contributed by atoms with E-state index in [0.29, 0.717) is 42.3 Å². The number of nitrogens with one attached hydrogen (secondary N) is 1. The normalized spacial score (nSPS) is 22.4. The van der Waals surface area contributed by atoms with Gasteiger partial charge in [0.05, 0.1) is 42.7 Å². The smallest absolute Gasteiger partial charge is 0.257 e. The van der Waals surface area contributed by atoms with E-state index in [-0.39, 0.29) is 30.5 Å². The van der Waals surface area contributed by atoms with Gasteiger partial charge >= 0.3 is 0 Å². The van der Waals surface area contributed by atoms with Crippen LogP contribution >= 0.6 is 0 Å². The summed E-state index contributed by atoms with van der Waals surface area (Å²) in [5.74, 6) is 1.43. The van der Waals surface area contributed by atoms with E-state index < -0.39 is 0 Å². The average molecular weight is 685 g/mol. The highest BCUT2D eigenvalue weighted by molar-refractivity contribution is 5.67. The molecule has 6 rings (SSSR count). The van der Waals surface area contributed by atoms with Crippen molar-refractivity contribution < 1.29 is 18.9 Å². The molecular formula is C36H48N10O4. The molecule has 1 saturated heterocycles. The zero-order valence-electron chi connectivity index (χ0n) is 29.6. The van der Waals surface area contributed by atoms with Gasteiger partial charge < -0.3 is 24.3 Å². The van der Waals surface area contributed by atoms with E-state index in [1.807, 2.05) is 32.2 Å². The molecule has 0 radical (unpaired) electrons. The molecule has 4 atom stereocenters. The third-order valence-corrected chi connectivity index (χ3v) is 9.32. The fourth-order valence-electron chi connectivity index (χ4n) is 6.87. The summed E-state index contributed by atoms with van der Waals surface area (Å²) in [6.45, 7) is 11.4. The number of morpholine rings is 1. The monoisotopic (exact) mass is 684 g/mol. The number of ether oxygens (including phenoxy) is 4. The Bertz CT molecular complexity index is 1690. The van der Waals surface area contributed by atoms with E-state index >= 15 is 0 Å². The van der Waals surface area contributed by atoms with E-state index in [1.165, 1.54) is 6.33 Å². The van der Waals surface area contributed by atoms with Crippen molar-refractivity contribution in [3.8, 4) is 28.8 Å². The fraction of sp³-hybridized carbons (Fsp3) is 0.556. The van der Waals surface area contributed by atoms with Gasteiger partial charge in [-0.3, -0.25) is 9.58 Å². The highest BCUT2D eigenvalue weighted by Crippen LogP contribution is 2.36. The summed E-state index contributed by atoms with van der Waals surface area (Å²) in [4.78, 5) is 15.8. The van der Waals surface area contributed by atoms with Crippen LogP contribution in [0.15, 0.2) is 49.4 Å². The predicted octanol–water partition coefficient (Wildman–Crippen LogP) is 5.41. The van der Waals surface area contributed by atoms with Crippen LogP contribution in [0.1, 0.15) is 71.4 Å². The van der Waals surface area contributed by atoms with Crippen LogP contribution in [0.5, 0.6) is 11.6 Å². The number of rotatable bonds is 14. The van der Waals surface area contributed by atoms with Crippen molar-refractivity contribution >= 4 is 11.6 Å². The molecule has 4 aromatic rings. The van der Waals surface area contributed by atoms with Gasteiger partial charge in [0.25, 0.3) is 5.88 Å². The fourth-order valence-corrected chi connectivity index (χ4v) is 6.87. The topological polar surface area (TPSA) is 150 Å². The zero-order valence-corrected chi connectivity index (χ0v) is 29.6. The Hall–Kier alpha value is -4.58. The average Bonchev–Trinajstić information content (AvgIpc) is 3.77. The summed E-state index contributed by atoms with van der Waals surface area (Å²) < 4.78 is 27.5. The molecule has 4 heterocycles. The minimum Gasteiger partial charge on any atom is -0.487 e. The summed E-state index contributed by atoms with van der Waals surface area (Å²) in [5, 5.41) is 22.1. The van der Waals surface area contributed by atoms with Crippen LogP contribution in [-0.2, 0) is 16.0 Å². The van der Waals surface area contributed by atoms with Gasteiger partial charge in [-0.25, -0.2) is 19.6 Å². The van der Waals surface area contributed by atoms with Crippen molar-refractivity contribution in [2.45, 2.75) is 103 Å². The second-order valence-electron chi connectivity index (χ2n) is 13.5. The van der Waals surface area contributed by atoms with Crippen LogP contribution < -0.4 is 14.8 Å². The first-order valence-electron chi connectivity index (χ1n) is 17.5. The molecule has 1 unspecified atom stereocenters. The summed E-state index contributed by atoms with van der Waals surface area (Å²) in [6, 6.07) is 8.53. The zero-order chi connectivity index (χ0) is 35.0. The number of hydrogen-bond donors (Lipinski definition) is 1. The van der Waals surface area contributed by atoms with Gasteiger partial charge in [0.1, 0.15) is 36.3 Å². The molecular weight excluding hydrogens is 636 g/mol. The van der Waals surface area contributed by atoms with Crippen LogP contribution in [0.4, 0.5) is 11.6 Å².